The fourth-order valence-electron chi connectivity index (χ4n) is 2.46. The highest BCUT2D eigenvalue weighted by Gasteiger charge is 2.46. The van der Waals surface area contributed by atoms with Gasteiger partial charge in [0.15, 0.2) is 0 Å². The van der Waals surface area contributed by atoms with Gasteiger partial charge in [-0.1, -0.05) is 12.2 Å². The van der Waals surface area contributed by atoms with Gasteiger partial charge in [0.1, 0.15) is 0 Å². The Kier molecular flexibility index (Phi) is 1.77. The lowest BCUT2D eigenvalue weighted by Crippen LogP contribution is -2.37. The summed E-state index contributed by atoms with van der Waals surface area (Å²) in [5, 5.41) is 0. The van der Waals surface area contributed by atoms with Crippen molar-refractivity contribution in [1.82, 2.24) is 0 Å². The van der Waals surface area contributed by atoms with Crippen LogP contribution in [0.2, 0.25) is 0 Å². The van der Waals surface area contributed by atoms with E-state index < -0.39 is 0 Å². The summed E-state index contributed by atoms with van der Waals surface area (Å²) in [5.74, 6) is 1.61. The molecule has 0 heterocycles. The van der Waals surface area contributed by atoms with Crippen molar-refractivity contribution in [2.75, 3.05) is 12.8 Å². The van der Waals surface area contributed by atoms with E-state index >= 15 is 0 Å². The molecular weight excluding hydrogens is 154 g/mol. The van der Waals surface area contributed by atoms with E-state index in [2.05, 4.69) is 18.4 Å². The van der Waals surface area contributed by atoms with E-state index in [1.54, 1.807) is 0 Å². The van der Waals surface area contributed by atoms with Crippen LogP contribution in [0.1, 0.15) is 12.8 Å². The zero-order valence-corrected chi connectivity index (χ0v) is 7.73. The highest BCUT2D eigenvalue weighted by molar-refractivity contribution is 8.00. The van der Waals surface area contributed by atoms with Crippen molar-refractivity contribution in [3.63, 3.8) is 0 Å². The lowest BCUT2D eigenvalue weighted by molar-refractivity contribution is 0.513. The molecule has 0 radical (unpaired) electrons. The maximum atomic E-state index is 5.81. The number of allylic oxidation sites excluding steroid dienone is 2. The van der Waals surface area contributed by atoms with Gasteiger partial charge in [-0.2, -0.15) is 11.8 Å². The van der Waals surface area contributed by atoms with E-state index in [9.17, 15) is 0 Å². The van der Waals surface area contributed by atoms with Crippen LogP contribution < -0.4 is 5.73 Å². The molecule has 2 bridgehead atoms. The second kappa shape index (κ2) is 2.53. The Morgan fingerprint density at radius 3 is 2.73 bits per heavy atom. The molecular formula is C9H15NS. The summed E-state index contributed by atoms with van der Waals surface area (Å²) >= 11 is 1.97. The molecule has 0 spiro atoms. The first kappa shape index (κ1) is 7.69. The monoisotopic (exact) mass is 169 g/mol. The number of thioether (sulfide) groups is 1. The van der Waals surface area contributed by atoms with Gasteiger partial charge >= 0.3 is 0 Å². The van der Waals surface area contributed by atoms with E-state index in [0.717, 1.165) is 18.4 Å². The lowest BCUT2D eigenvalue weighted by atomic mass is 9.93. The third-order valence-corrected chi connectivity index (χ3v) is 4.66. The molecule has 11 heavy (non-hydrogen) atoms. The molecule has 62 valence electrons. The van der Waals surface area contributed by atoms with Crippen LogP contribution in [-0.4, -0.2) is 17.5 Å². The molecule has 2 N–H and O–H groups in total. The van der Waals surface area contributed by atoms with Crippen LogP contribution in [-0.2, 0) is 0 Å². The molecule has 3 atom stereocenters. The molecule has 0 aromatic carbocycles. The maximum Gasteiger partial charge on any atom is 0.0347 e. The summed E-state index contributed by atoms with van der Waals surface area (Å²) in [6.07, 6.45) is 9.61. The standard InChI is InChI=1S/C9H15NS/c1-11-9(6-10)5-7-2-3-8(9)4-7/h2-3,7-8H,4-6,10H2,1H3. The molecule has 1 fully saturated rings. The maximum absolute atomic E-state index is 5.81. The molecule has 0 aromatic rings. The zero-order chi connectivity index (χ0) is 7.90. The predicted molar refractivity (Wildman–Crippen MR) is 50.7 cm³/mol. The number of rotatable bonds is 2. The SMILES string of the molecule is CSC1(CN)CC2C=CC1C2. The van der Waals surface area contributed by atoms with Crippen molar-refractivity contribution in [2.24, 2.45) is 17.6 Å². The fraction of sp³-hybridized carbons (Fsp3) is 0.778. The average Bonchev–Trinajstić information content (AvgIpc) is 2.62. The molecule has 2 aliphatic rings. The first-order valence-corrected chi connectivity index (χ1v) is 5.47. The average molecular weight is 169 g/mol. The van der Waals surface area contributed by atoms with E-state index in [0.29, 0.717) is 4.75 Å². The summed E-state index contributed by atoms with van der Waals surface area (Å²) in [7, 11) is 0. The van der Waals surface area contributed by atoms with Crippen LogP contribution in [0.5, 0.6) is 0 Å². The number of fused-ring (bicyclic) bond motifs is 2. The molecule has 0 aliphatic heterocycles. The van der Waals surface area contributed by atoms with Crippen LogP contribution in [0.15, 0.2) is 12.2 Å². The van der Waals surface area contributed by atoms with E-state index in [-0.39, 0.29) is 0 Å². The Balaban J connectivity index is 2.21. The molecule has 0 saturated heterocycles. The Morgan fingerprint density at radius 1 is 1.64 bits per heavy atom. The molecule has 2 rings (SSSR count). The predicted octanol–water partition coefficient (Wildman–Crippen LogP) is 1.64. The normalized spacial score (nSPS) is 47.1. The van der Waals surface area contributed by atoms with E-state index in [1.165, 1.54) is 12.8 Å². The Morgan fingerprint density at radius 2 is 2.45 bits per heavy atom. The quantitative estimate of drug-likeness (QED) is 0.636. The Bertz CT molecular complexity index is 184. The van der Waals surface area contributed by atoms with Crippen molar-refractivity contribution in [3.8, 4) is 0 Å². The molecule has 1 nitrogen and oxygen atoms in total. The van der Waals surface area contributed by atoms with Crippen molar-refractivity contribution < 1.29 is 0 Å². The second-order valence-corrected chi connectivity index (χ2v) is 4.89. The number of hydrogen-bond donors (Lipinski definition) is 1. The third kappa shape index (κ3) is 0.960. The van der Waals surface area contributed by atoms with Gasteiger partial charge in [0.25, 0.3) is 0 Å². The third-order valence-electron chi connectivity index (χ3n) is 3.21. The van der Waals surface area contributed by atoms with Gasteiger partial charge in [-0.3, -0.25) is 0 Å². The summed E-state index contributed by atoms with van der Waals surface area (Å²) in [6.45, 7) is 0.847. The first-order chi connectivity index (χ1) is 5.30. The minimum Gasteiger partial charge on any atom is -0.329 e. The minimum absolute atomic E-state index is 0.402. The van der Waals surface area contributed by atoms with Crippen LogP contribution in [0.25, 0.3) is 0 Å². The number of nitrogens with two attached hydrogens (primary N) is 1. The fourth-order valence-corrected chi connectivity index (χ4v) is 3.49. The minimum atomic E-state index is 0.402. The van der Waals surface area contributed by atoms with Gasteiger partial charge in [-0.15, -0.1) is 0 Å². The van der Waals surface area contributed by atoms with E-state index in [1.807, 2.05) is 11.8 Å². The largest absolute Gasteiger partial charge is 0.329 e. The lowest BCUT2D eigenvalue weighted by Gasteiger charge is -2.32. The van der Waals surface area contributed by atoms with Crippen LogP contribution >= 0.6 is 11.8 Å². The Labute approximate surface area is 72.4 Å². The second-order valence-electron chi connectivity index (χ2n) is 3.66. The summed E-state index contributed by atoms with van der Waals surface area (Å²) < 4.78 is 0.402. The summed E-state index contributed by atoms with van der Waals surface area (Å²) in [4.78, 5) is 0. The van der Waals surface area contributed by atoms with Gasteiger partial charge in [0, 0.05) is 11.3 Å². The summed E-state index contributed by atoms with van der Waals surface area (Å²) in [5.41, 5.74) is 5.81. The molecule has 0 aromatic heterocycles. The van der Waals surface area contributed by atoms with Gasteiger partial charge < -0.3 is 5.73 Å². The van der Waals surface area contributed by atoms with Crippen molar-refractivity contribution in [1.29, 1.82) is 0 Å². The molecule has 3 unspecified atom stereocenters. The van der Waals surface area contributed by atoms with Gasteiger partial charge in [-0.25, -0.2) is 0 Å². The molecule has 1 saturated carbocycles. The molecule has 2 aliphatic carbocycles. The van der Waals surface area contributed by atoms with Gasteiger partial charge in [0.05, 0.1) is 0 Å². The Hall–Kier alpha value is 0.0500. The first-order valence-electron chi connectivity index (χ1n) is 4.24. The van der Waals surface area contributed by atoms with Crippen LogP contribution in [0.4, 0.5) is 0 Å². The van der Waals surface area contributed by atoms with Gasteiger partial charge in [-0.05, 0) is 30.9 Å². The smallest absolute Gasteiger partial charge is 0.0347 e. The van der Waals surface area contributed by atoms with Crippen molar-refractivity contribution >= 4 is 11.8 Å². The van der Waals surface area contributed by atoms with Crippen LogP contribution in [0.3, 0.4) is 0 Å². The summed E-state index contributed by atoms with van der Waals surface area (Å²) in [6, 6.07) is 0. The highest BCUT2D eigenvalue weighted by Crippen LogP contribution is 2.52. The van der Waals surface area contributed by atoms with Gasteiger partial charge in [0.2, 0.25) is 0 Å². The van der Waals surface area contributed by atoms with Crippen LogP contribution in [0, 0.1) is 11.8 Å². The highest BCUT2D eigenvalue weighted by atomic mass is 32.2. The topological polar surface area (TPSA) is 26.0 Å². The van der Waals surface area contributed by atoms with E-state index in [4.69, 9.17) is 5.73 Å². The number of hydrogen-bond acceptors (Lipinski definition) is 2. The van der Waals surface area contributed by atoms with Crippen molar-refractivity contribution in [3.05, 3.63) is 12.2 Å². The molecule has 0 amide bonds. The van der Waals surface area contributed by atoms with Crippen molar-refractivity contribution in [2.45, 2.75) is 17.6 Å². The molecule has 2 heteroatoms. The zero-order valence-electron chi connectivity index (χ0n) is 6.92.